The number of ether oxygens (including phenoxy) is 4. The summed E-state index contributed by atoms with van der Waals surface area (Å²) in [5, 5.41) is 2.01. The molecule has 2 atom stereocenters. The van der Waals surface area contributed by atoms with Crippen molar-refractivity contribution in [3.63, 3.8) is 0 Å². The SMILES string of the molecule is COc1ccc2c(c1OC)C(CC(C)=O)C(C)c1c-2ncc2ccc3c(c12)OCO3. The number of ketones is 1. The van der Waals surface area contributed by atoms with Crippen LogP contribution < -0.4 is 18.9 Å². The Morgan fingerprint density at radius 1 is 1.13 bits per heavy atom. The lowest BCUT2D eigenvalue weighted by Gasteiger charge is -2.35. The zero-order valence-electron chi connectivity index (χ0n) is 17.4. The molecule has 5 rings (SSSR count). The Hall–Kier alpha value is -3.28. The summed E-state index contributed by atoms with van der Waals surface area (Å²) in [6.45, 7) is 3.98. The molecular formula is C24H23NO5. The minimum atomic E-state index is -0.0689. The summed E-state index contributed by atoms with van der Waals surface area (Å²) < 4.78 is 22.8. The number of rotatable bonds is 4. The minimum absolute atomic E-state index is 0.0179. The number of fused-ring (bicyclic) bond motifs is 7. The molecule has 1 aliphatic carbocycles. The number of Topliss-reactive ketones (excluding diaryl/α,β-unsaturated/α-hetero) is 1. The van der Waals surface area contributed by atoms with E-state index in [0.717, 1.165) is 44.7 Å². The van der Waals surface area contributed by atoms with Crippen LogP contribution in [0.15, 0.2) is 30.5 Å². The van der Waals surface area contributed by atoms with E-state index in [9.17, 15) is 4.79 Å². The number of benzene rings is 2. The van der Waals surface area contributed by atoms with E-state index in [-0.39, 0.29) is 24.4 Å². The molecule has 0 radical (unpaired) electrons. The van der Waals surface area contributed by atoms with E-state index in [0.29, 0.717) is 17.9 Å². The lowest BCUT2D eigenvalue weighted by atomic mass is 9.70. The second kappa shape index (κ2) is 6.90. The molecule has 0 fully saturated rings. The number of methoxy groups -OCH3 is 2. The molecule has 2 aliphatic rings. The molecule has 0 N–H and O–H groups in total. The van der Waals surface area contributed by atoms with Gasteiger partial charge in [0.1, 0.15) is 5.78 Å². The Kier molecular flexibility index (Phi) is 4.31. The van der Waals surface area contributed by atoms with Gasteiger partial charge in [-0.15, -0.1) is 0 Å². The molecule has 1 aromatic heterocycles. The van der Waals surface area contributed by atoms with Crippen LogP contribution in [-0.2, 0) is 4.79 Å². The quantitative estimate of drug-likeness (QED) is 0.620. The van der Waals surface area contributed by atoms with Crippen molar-refractivity contribution in [3.8, 4) is 34.3 Å². The Labute approximate surface area is 174 Å². The average molecular weight is 405 g/mol. The monoisotopic (exact) mass is 405 g/mol. The van der Waals surface area contributed by atoms with E-state index in [1.54, 1.807) is 21.1 Å². The summed E-state index contributed by atoms with van der Waals surface area (Å²) in [6, 6.07) is 7.82. The highest BCUT2D eigenvalue weighted by atomic mass is 16.7. The van der Waals surface area contributed by atoms with Crippen molar-refractivity contribution in [1.29, 1.82) is 0 Å². The molecule has 0 bridgehead atoms. The van der Waals surface area contributed by atoms with Crippen molar-refractivity contribution in [2.45, 2.75) is 32.1 Å². The Balaban J connectivity index is 1.88. The molecule has 6 heteroatoms. The third-order valence-electron chi connectivity index (χ3n) is 6.20. The van der Waals surface area contributed by atoms with Crippen LogP contribution in [0.2, 0.25) is 0 Å². The van der Waals surface area contributed by atoms with Crippen molar-refractivity contribution in [1.82, 2.24) is 4.98 Å². The first-order chi connectivity index (χ1) is 14.5. The van der Waals surface area contributed by atoms with Gasteiger partial charge in [-0.2, -0.15) is 0 Å². The van der Waals surface area contributed by atoms with E-state index >= 15 is 0 Å². The van der Waals surface area contributed by atoms with E-state index in [1.807, 2.05) is 30.5 Å². The molecule has 1 aliphatic heterocycles. The van der Waals surface area contributed by atoms with Gasteiger partial charge in [0.2, 0.25) is 6.79 Å². The normalized spacial score (nSPS) is 18.7. The van der Waals surface area contributed by atoms with Crippen LogP contribution in [0.3, 0.4) is 0 Å². The fraction of sp³-hybridized carbons (Fsp3) is 0.333. The van der Waals surface area contributed by atoms with Crippen molar-refractivity contribution in [2.75, 3.05) is 21.0 Å². The third-order valence-corrected chi connectivity index (χ3v) is 6.20. The van der Waals surface area contributed by atoms with Gasteiger partial charge in [0, 0.05) is 40.4 Å². The maximum Gasteiger partial charge on any atom is 0.231 e. The summed E-state index contributed by atoms with van der Waals surface area (Å²) in [6.07, 6.45) is 2.27. The first kappa shape index (κ1) is 18.7. The van der Waals surface area contributed by atoms with E-state index in [2.05, 4.69) is 6.92 Å². The molecule has 0 amide bonds. The molecular weight excluding hydrogens is 382 g/mol. The average Bonchev–Trinajstić information content (AvgIpc) is 3.23. The predicted octanol–water partition coefficient (Wildman–Crippen LogP) is 4.83. The summed E-state index contributed by atoms with van der Waals surface area (Å²) in [4.78, 5) is 17.1. The number of hydrogen-bond donors (Lipinski definition) is 0. The van der Waals surface area contributed by atoms with Crippen LogP contribution in [0.25, 0.3) is 22.0 Å². The number of pyridine rings is 1. The molecule has 3 aromatic rings. The van der Waals surface area contributed by atoms with Crippen LogP contribution in [0.4, 0.5) is 0 Å². The number of carbonyl (C=O) groups excluding carboxylic acids is 1. The van der Waals surface area contributed by atoms with Crippen LogP contribution in [0.1, 0.15) is 43.2 Å². The fourth-order valence-electron chi connectivity index (χ4n) is 4.92. The number of hydrogen-bond acceptors (Lipinski definition) is 6. The predicted molar refractivity (Wildman–Crippen MR) is 113 cm³/mol. The van der Waals surface area contributed by atoms with Crippen molar-refractivity contribution < 1.29 is 23.7 Å². The van der Waals surface area contributed by atoms with Crippen LogP contribution >= 0.6 is 0 Å². The highest BCUT2D eigenvalue weighted by molar-refractivity contribution is 5.99. The highest BCUT2D eigenvalue weighted by Gasteiger charge is 2.38. The summed E-state index contributed by atoms with van der Waals surface area (Å²) in [7, 11) is 3.26. The summed E-state index contributed by atoms with van der Waals surface area (Å²) in [5.74, 6) is 2.89. The minimum Gasteiger partial charge on any atom is -0.493 e. The zero-order valence-corrected chi connectivity index (χ0v) is 17.4. The molecule has 154 valence electrons. The van der Waals surface area contributed by atoms with Crippen molar-refractivity contribution in [3.05, 3.63) is 41.6 Å². The molecule has 2 aromatic carbocycles. The second-order valence-electron chi connectivity index (χ2n) is 7.85. The molecule has 0 saturated carbocycles. The molecule has 2 unspecified atom stereocenters. The first-order valence-electron chi connectivity index (χ1n) is 10.0. The molecule has 2 heterocycles. The summed E-state index contributed by atoms with van der Waals surface area (Å²) >= 11 is 0. The lowest BCUT2D eigenvalue weighted by molar-refractivity contribution is -0.117. The van der Waals surface area contributed by atoms with Crippen LogP contribution in [0.5, 0.6) is 23.0 Å². The Morgan fingerprint density at radius 3 is 2.70 bits per heavy atom. The smallest absolute Gasteiger partial charge is 0.231 e. The number of aromatic nitrogens is 1. The topological polar surface area (TPSA) is 66.9 Å². The first-order valence-corrected chi connectivity index (χ1v) is 10.0. The van der Waals surface area contributed by atoms with Gasteiger partial charge in [0.15, 0.2) is 23.0 Å². The van der Waals surface area contributed by atoms with Gasteiger partial charge in [-0.05, 0) is 42.7 Å². The van der Waals surface area contributed by atoms with Gasteiger partial charge in [0.05, 0.1) is 19.9 Å². The molecule has 30 heavy (non-hydrogen) atoms. The highest BCUT2D eigenvalue weighted by Crippen LogP contribution is 2.56. The second-order valence-corrected chi connectivity index (χ2v) is 7.85. The van der Waals surface area contributed by atoms with E-state index < -0.39 is 0 Å². The van der Waals surface area contributed by atoms with Gasteiger partial charge in [-0.1, -0.05) is 6.92 Å². The number of carbonyl (C=O) groups is 1. The van der Waals surface area contributed by atoms with Gasteiger partial charge in [-0.25, -0.2) is 0 Å². The fourth-order valence-corrected chi connectivity index (χ4v) is 4.92. The van der Waals surface area contributed by atoms with Crippen LogP contribution in [-0.4, -0.2) is 31.8 Å². The summed E-state index contributed by atoms with van der Waals surface area (Å²) in [5.41, 5.74) is 3.91. The zero-order chi connectivity index (χ0) is 21.0. The maximum absolute atomic E-state index is 12.3. The Bertz CT molecular complexity index is 1190. The molecule has 0 saturated heterocycles. The number of nitrogens with zero attached hydrogens (tertiary/aromatic N) is 1. The standard InChI is InChI=1S/C24H23NO5/c1-12(26)9-16-13(2)19-20-14(5-7-18-24(20)30-11-29-18)10-25-22(19)15-6-8-17(27-3)23(28-4)21(15)16/h5-8,10,13,16H,9,11H2,1-4H3. The van der Waals surface area contributed by atoms with E-state index in [1.165, 1.54) is 0 Å². The van der Waals surface area contributed by atoms with E-state index in [4.69, 9.17) is 23.9 Å². The van der Waals surface area contributed by atoms with Crippen LogP contribution in [0, 0.1) is 0 Å². The molecule has 0 spiro atoms. The lowest BCUT2D eigenvalue weighted by Crippen LogP contribution is -2.20. The van der Waals surface area contributed by atoms with Gasteiger partial charge < -0.3 is 23.7 Å². The van der Waals surface area contributed by atoms with Crippen molar-refractivity contribution in [2.24, 2.45) is 0 Å². The van der Waals surface area contributed by atoms with Gasteiger partial charge in [-0.3, -0.25) is 4.98 Å². The van der Waals surface area contributed by atoms with Gasteiger partial charge in [0.25, 0.3) is 0 Å². The third kappa shape index (κ3) is 2.56. The largest absolute Gasteiger partial charge is 0.493 e. The van der Waals surface area contributed by atoms with Crippen molar-refractivity contribution >= 4 is 16.6 Å². The maximum atomic E-state index is 12.3. The molecule has 6 nitrogen and oxygen atoms in total. The Morgan fingerprint density at radius 2 is 1.97 bits per heavy atom. The van der Waals surface area contributed by atoms with Gasteiger partial charge >= 0.3 is 0 Å².